The van der Waals surface area contributed by atoms with Crippen LogP contribution in [0.3, 0.4) is 0 Å². The molecule has 0 heterocycles. The van der Waals surface area contributed by atoms with Crippen molar-refractivity contribution in [2.24, 2.45) is 5.92 Å². The van der Waals surface area contributed by atoms with E-state index in [0.717, 1.165) is 24.4 Å². The van der Waals surface area contributed by atoms with Crippen LogP contribution in [0.1, 0.15) is 26.7 Å². The molecule has 120 valence electrons. The lowest BCUT2D eigenvalue weighted by Gasteiger charge is -2.15. The second-order valence-electron chi connectivity index (χ2n) is 6.09. The van der Waals surface area contributed by atoms with E-state index < -0.39 is 6.10 Å². The van der Waals surface area contributed by atoms with Crippen molar-refractivity contribution < 1.29 is 9.84 Å². The zero-order chi connectivity index (χ0) is 15.7. The van der Waals surface area contributed by atoms with E-state index in [1.807, 2.05) is 26.2 Å². The van der Waals surface area contributed by atoms with Crippen LogP contribution in [0, 0.1) is 5.92 Å². The highest BCUT2D eigenvalue weighted by atomic mass is 16.5. The zero-order valence-corrected chi connectivity index (χ0v) is 13.8. The minimum absolute atomic E-state index is 0.390. The molecule has 0 aliphatic rings. The Labute approximate surface area is 129 Å². The normalized spacial score (nSPS) is 12.5. The monoisotopic (exact) mass is 294 g/mol. The molecule has 0 bridgehead atoms. The molecule has 4 heteroatoms. The summed E-state index contributed by atoms with van der Waals surface area (Å²) in [6.07, 6.45) is 1.76. The number of benzene rings is 1. The van der Waals surface area contributed by atoms with E-state index in [9.17, 15) is 5.11 Å². The van der Waals surface area contributed by atoms with E-state index in [1.54, 1.807) is 0 Å². The lowest BCUT2D eigenvalue weighted by molar-refractivity contribution is 0.0409. The fourth-order valence-electron chi connectivity index (χ4n) is 1.99. The largest absolute Gasteiger partial charge is 0.389 e. The molecule has 1 atom stereocenters. The maximum absolute atomic E-state index is 9.87. The summed E-state index contributed by atoms with van der Waals surface area (Å²) in [5.74, 6) is 0.713. The van der Waals surface area contributed by atoms with Gasteiger partial charge in [-0.05, 0) is 43.0 Å². The summed E-state index contributed by atoms with van der Waals surface area (Å²) in [5.41, 5.74) is 2.18. The fourth-order valence-corrected chi connectivity index (χ4v) is 1.99. The molecule has 1 aromatic carbocycles. The number of nitrogens with zero attached hydrogens (tertiary/aromatic N) is 1. The standard InChI is InChI=1S/C17H30N2O2/c1-14(2)6-5-11-21-13-17(20)12-18-15-7-9-16(10-8-15)19(3)4/h7-10,14,17-18,20H,5-6,11-13H2,1-4H3. The summed E-state index contributed by atoms with van der Waals surface area (Å²) in [5, 5.41) is 13.1. The Kier molecular flexibility index (Phi) is 8.16. The van der Waals surface area contributed by atoms with Crippen molar-refractivity contribution in [2.75, 3.05) is 44.1 Å². The predicted molar refractivity (Wildman–Crippen MR) is 90.2 cm³/mol. The van der Waals surface area contributed by atoms with Crippen molar-refractivity contribution in [3.05, 3.63) is 24.3 Å². The van der Waals surface area contributed by atoms with E-state index in [2.05, 4.69) is 36.2 Å². The van der Waals surface area contributed by atoms with E-state index in [-0.39, 0.29) is 0 Å². The molecule has 1 unspecified atom stereocenters. The van der Waals surface area contributed by atoms with Gasteiger partial charge in [0, 0.05) is 38.6 Å². The molecule has 0 amide bonds. The topological polar surface area (TPSA) is 44.7 Å². The summed E-state index contributed by atoms with van der Waals surface area (Å²) in [4.78, 5) is 2.06. The maximum atomic E-state index is 9.87. The van der Waals surface area contributed by atoms with Crippen LogP contribution in [0.4, 0.5) is 11.4 Å². The molecule has 0 fully saturated rings. The number of hydrogen-bond donors (Lipinski definition) is 2. The number of anilines is 2. The lowest BCUT2D eigenvalue weighted by atomic mass is 10.1. The molecular formula is C17H30N2O2. The lowest BCUT2D eigenvalue weighted by Crippen LogP contribution is -2.25. The number of ether oxygens (including phenoxy) is 1. The van der Waals surface area contributed by atoms with Gasteiger partial charge in [-0.2, -0.15) is 0 Å². The Morgan fingerprint density at radius 3 is 2.43 bits per heavy atom. The first-order chi connectivity index (χ1) is 9.99. The molecule has 0 aliphatic heterocycles. The first-order valence-corrected chi connectivity index (χ1v) is 7.76. The Bertz CT molecular complexity index is 377. The molecule has 0 spiro atoms. The third kappa shape index (κ3) is 7.93. The van der Waals surface area contributed by atoms with E-state index in [0.29, 0.717) is 19.1 Å². The number of aliphatic hydroxyl groups is 1. The molecular weight excluding hydrogens is 264 g/mol. The smallest absolute Gasteiger partial charge is 0.0945 e. The number of rotatable bonds is 10. The van der Waals surface area contributed by atoms with E-state index in [1.165, 1.54) is 6.42 Å². The molecule has 4 nitrogen and oxygen atoms in total. The van der Waals surface area contributed by atoms with Crippen molar-refractivity contribution in [3.63, 3.8) is 0 Å². The molecule has 21 heavy (non-hydrogen) atoms. The van der Waals surface area contributed by atoms with Gasteiger partial charge in [0.25, 0.3) is 0 Å². The molecule has 0 aromatic heterocycles. The van der Waals surface area contributed by atoms with Crippen molar-refractivity contribution >= 4 is 11.4 Å². The quantitative estimate of drug-likeness (QED) is 0.651. The molecule has 1 aromatic rings. The number of hydrogen-bond acceptors (Lipinski definition) is 4. The first-order valence-electron chi connectivity index (χ1n) is 7.76. The Morgan fingerprint density at radius 2 is 1.86 bits per heavy atom. The molecule has 1 rings (SSSR count). The molecule has 0 saturated carbocycles. The summed E-state index contributed by atoms with van der Waals surface area (Å²) < 4.78 is 5.49. The number of nitrogens with one attached hydrogen (secondary N) is 1. The summed E-state index contributed by atoms with van der Waals surface area (Å²) in [6.45, 7) is 6.04. The zero-order valence-electron chi connectivity index (χ0n) is 13.8. The molecule has 0 radical (unpaired) electrons. The van der Waals surface area contributed by atoms with Crippen molar-refractivity contribution in [1.82, 2.24) is 0 Å². The van der Waals surface area contributed by atoms with Crippen LogP contribution < -0.4 is 10.2 Å². The van der Waals surface area contributed by atoms with Gasteiger partial charge in [-0.15, -0.1) is 0 Å². The molecule has 0 saturated heterocycles. The third-order valence-corrected chi connectivity index (χ3v) is 3.31. The predicted octanol–water partition coefficient (Wildman–Crippen LogP) is 2.98. The second kappa shape index (κ2) is 9.64. The van der Waals surface area contributed by atoms with Crippen molar-refractivity contribution in [2.45, 2.75) is 32.8 Å². The van der Waals surface area contributed by atoms with Gasteiger partial charge < -0.3 is 20.1 Å². The van der Waals surface area contributed by atoms with Crippen LogP contribution >= 0.6 is 0 Å². The summed E-state index contributed by atoms with van der Waals surface area (Å²) in [6, 6.07) is 8.14. The highest BCUT2D eigenvalue weighted by Crippen LogP contribution is 2.15. The van der Waals surface area contributed by atoms with Gasteiger partial charge in [-0.25, -0.2) is 0 Å². The Hall–Kier alpha value is -1.26. The van der Waals surface area contributed by atoms with E-state index >= 15 is 0 Å². The molecule has 2 N–H and O–H groups in total. The minimum atomic E-state index is -0.474. The van der Waals surface area contributed by atoms with Gasteiger partial charge in [-0.3, -0.25) is 0 Å². The maximum Gasteiger partial charge on any atom is 0.0945 e. The van der Waals surface area contributed by atoms with Crippen LogP contribution in [-0.2, 0) is 4.74 Å². The third-order valence-electron chi connectivity index (χ3n) is 3.31. The average Bonchev–Trinajstić information content (AvgIpc) is 2.44. The van der Waals surface area contributed by atoms with Crippen LogP contribution in [0.2, 0.25) is 0 Å². The van der Waals surface area contributed by atoms with Gasteiger partial charge in [0.2, 0.25) is 0 Å². The van der Waals surface area contributed by atoms with Crippen LogP contribution in [0.25, 0.3) is 0 Å². The summed E-state index contributed by atoms with van der Waals surface area (Å²) in [7, 11) is 4.03. The molecule has 0 aliphatic carbocycles. The van der Waals surface area contributed by atoms with Gasteiger partial charge in [0.1, 0.15) is 0 Å². The van der Waals surface area contributed by atoms with Crippen LogP contribution in [-0.4, -0.2) is 45.1 Å². The van der Waals surface area contributed by atoms with Gasteiger partial charge in [0.15, 0.2) is 0 Å². The summed E-state index contributed by atoms with van der Waals surface area (Å²) >= 11 is 0. The van der Waals surface area contributed by atoms with Gasteiger partial charge in [-0.1, -0.05) is 13.8 Å². The highest BCUT2D eigenvalue weighted by Gasteiger charge is 2.04. The highest BCUT2D eigenvalue weighted by molar-refractivity contribution is 5.54. The van der Waals surface area contributed by atoms with Crippen LogP contribution in [0.15, 0.2) is 24.3 Å². The second-order valence-corrected chi connectivity index (χ2v) is 6.09. The van der Waals surface area contributed by atoms with Gasteiger partial charge >= 0.3 is 0 Å². The van der Waals surface area contributed by atoms with Crippen molar-refractivity contribution in [1.29, 1.82) is 0 Å². The van der Waals surface area contributed by atoms with E-state index in [4.69, 9.17) is 4.74 Å². The fraction of sp³-hybridized carbons (Fsp3) is 0.647. The number of aliphatic hydroxyl groups excluding tert-OH is 1. The van der Waals surface area contributed by atoms with Crippen molar-refractivity contribution in [3.8, 4) is 0 Å². The SMILES string of the molecule is CC(C)CCCOCC(O)CNc1ccc(N(C)C)cc1. The Balaban J connectivity index is 2.16. The first kappa shape index (κ1) is 17.8. The Morgan fingerprint density at radius 1 is 1.19 bits per heavy atom. The van der Waals surface area contributed by atoms with Gasteiger partial charge in [0.05, 0.1) is 12.7 Å². The minimum Gasteiger partial charge on any atom is -0.389 e. The average molecular weight is 294 g/mol. The van der Waals surface area contributed by atoms with Crippen LogP contribution in [0.5, 0.6) is 0 Å².